The molecule has 1 saturated heterocycles. The fourth-order valence-electron chi connectivity index (χ4n) is 1.66. The lowest BCUT2D eigenvalue weighted by Crippen LogP contribution is -2.46. The first kappa shape index (κ1) is 14.4. The fraction of sp³-hybridized carbons (Fsp3) is 0.667. The van der Waals surface area contributed by atoms with Crippen LogP contribution in [-0.4, -0.2) is 48.5 Å². The van der Waals surface area contributed by atoms with Crippen molar-refractivity contribution in [1.29, 1.82) is 0 Å². The summed E-state index contributed by atoms with van der Waals surface area (Å²) in [6.45, 7) is 5.11. The van der Waals surface area contributed by atoms with Crippen molar-refractivity contribution in [1.82, 2.24) is 19.2 Å². The number of rotatable bonds is 3. The molecule has 0 atom stereocenters. The third-order valence-corrected chi connectivity index (χ3v) is 4.44. The molecule has 0 aliphatic carbocycles. The van der Waals surface area contributed by atoms with Crippen LogP contribution in [0.3, 0.4) is 0 Å². The Hall–Kier alpha value is -0.630. The number of aromatic nitrogens is 2. The van der Waals surface area contributed by atoms with E-state index >= 15 is 0 Å². The van der Waals surface area contributed by atoms with Crippen molar-refractivity contribution in [3.8, 4) is 0 Å². The third kappa shape index (κ3) is 2.98. The molecule has 2 heterocycles. The second-order valence-corrected chi connectivity index (χ2v) is 5.58. The van der Waals surface area contributed by atoms with Gasteiger partial charge in [-0.15, -0.1) is 12.4 Å². The van der Waals surface area contributed by atoms with E-state index in [1.54, 1.807) is 17.1 Å². The van der Waals surface area contributed by atoms with Crippen molar-refractivity contribution in [3.63, 3.8) is 0 Å². The number of aryl methyl sites for hydroxylation is 1. The van der Waals surface area contributed by atoms with E-state index < -0.39 is 10.0 Å². The highest BCUT2D eigenvalue weighted by atomic mass is 35.5. The van der Waals surface area contributed by atoms with E-state index in [1.807, 2.05) is 6.92 Å². The number of nitrogens with one attached hydrogen (secondary N) is 1. The summed E-state index contributed by atoms with van der Waals surface area (Å²) < 4.78 is 27.5. The second-order valence-electron chi connectivity index (χ2n) is 3.70. The molecule has 1 aromatic rings. The van der Waals surface area contributed by atoms with Gasteiger partial charge in [0.05, 0.1) is 6.33 Å². The van der Waals surface area contributed by atoms with Crippen LogP contribution in [0.25, 0.3) is 0 Å². The average Bonchev–Trinajstić information content (AvgIpc) is 2.79. The quantitative estimate of drug-likeness (QED) is 0.841. The Balaban J connectivity index is 0.00000144. The summed E-state index contributed by atoms with van der Waals surface area (Å²) in [6, 6.07) is 0. The van der Waals surface area contributed by atoms with Gasteiger partial charge >= 0.3 is 0 Å². The zero-order valence-electron chi connectivity index (χ0n) is 9.66. The summed E-state index contributed by atoms with van der Waals surface area (Å²) in [6.07, 6.45) is 3.13. The van der Waals surface area contributed by atoms with Gasteiger partial charge < -0.3 is 9.88 Å². The monoisotopic (exact) mass is 280 g/mol. The van der Waals surface area contributed by atoms with Crippen LogP contribution in [0.4, 0.5) is 0 Å². The number of sulfonamides is 1. The Kier molecular flexibility index (Phi) is 4.93. The summed E-state index contributed by atoms with van der Waals surface area (Å²) in [5.74, 6) is 0. The molecule has 1 N–H and O–H groups in total. The van der Waals surface area contributed by atoms with Gasteiger partial charge in [0.1, 0.15) is 0 Å². The molecule has 17 heavy (non-hydrogen) atoms. The Bertz CT molecular complexity index is 453. The lowest BCUT2D eigenvalue weighted by atomic mass is 10.4. The number of hydrogen-bond donors (Lipinski definition) is 1. The molecule has 0 amide bonds. The highest BCUT2D eigenvalue weighted by molar-refractivity contribution is 7.89. The van der Waals surface area contributed by atoms with Gasteiger partial charge in [0.2, 0.25) is 0 Å². The molecule has 8 heteroatoms. The van der Waals surface area contributed by atoms with Crippen LogP contribution in [0.5, 0.6) is 0 Å². The Labute approximate surface area is 107 Å². The summed E-state index contributed by atoms with van der Waals surface area (Å²) in [5, 5.41) is 3.27. The predicted octanol–water partition coefficient (Wildman–Crippen LogP) is -0.0813. The van der Waals surface area contributed by atoms with Crippen molar-refractivity contribution in [2.45, 2.75) is 18.5 Å². The first-order valence-corrected chi connectivity index (χ1v) is 6.81. The number of halogens is 1. The van der Waals surface area contributed by atoms with Gasteiger partial charge in [-0.1, -0.05) is 0 Å². The van der Waals surface area contributed by atoms with Crippen molar-refractivity contribution in [3.05, 3.63) is 12.5 Å². The SMILES string of the molecule is CCn1cnc(S(=O)(=O)N2CCNCC2)c1.Cl. The molecular weight excluding hydrogens is 264 g/mol. The van der Waals surface area contributed by atoms with E-state index in [-0.39, 0.29) is 17.4 Å². The topological polar surface area (TPSA) is 67.2 Å². The van der Waals surface area contributed by atoms with Gasteiger partial charge in [-0.25, -0.2) is 13.4 Å². The normalized spacial score (nSPS) is 17.7. The van der Waals surface area contributed by atoms with E-state index in [0.717, 1.165) is 6.54 Å². The molecule has 1 aliphatic heterocycles. The molecule has 1 aliphatic rings. The van der Waals surface area contributed by atoms with Crippen LogP contribution >= 0.6 is 12.4 Å². The predicted molar refractivity (Wildman–Crippen MR) is 66.8 cm³/mol. The van der Waals surface area contributed by atoms with Gasteiger partial charge in [-0.3, -0.25) is 0 Å². The zero-order chi connectivity index (χ0) is 11.6. The van der Waals surface area contributed by atoms with E-state index in [2.05, 4.69) is 10.3 Å². The summed E-state index contributed by atoms with van der Waals surface area (Å²) in [5.41, 5.74) is 0. The molecule has 1 aromatic heterocycles. The van der Waals surface area contributed by atoms with Gasteiger partial charge in [0, 0.05) is 38.9 Å². The maximum Gasteiger partial charge on any atom is 0.262 e. The Morgan fingerprint density at radius 3 is 2.59 bits per heavy atom. The number of piperazine rings is 1. The molecule has 0 bridgehead atoms. The van der Waals surface area contributed by atoms with Crippen LogP contribution in [0.1, 0.15) is 6.92 Å². The second kappa shape index (κ2) is 5.81. The highest BCUT2D eigenvalue weighted by Gasteiger charge is 2.27. The minimum absolute atomic E-state index is 0. The minimum Gasteiger partial charge on any atom is -0.336 e. The Morgan fingerprint density at radius 2 is 2.06 bits per heavy atom. The summed E-state index contributed by atoms with van der Waals surface area (Å²) in [7, 11) is -3.39. The van der Waals surface area contributed by atoms with E-state index in [0.29, 0.717) is 26.2 Å². The minimum atomic E-state index is -3.39. The standard InChI is InChI=1S/C9H16N4O2S.ClH/c1-2-12-7-9(11-8-12)16(14,15)13-5-3-10-4-6-13;/h7-8,10H,2-6H2,1H3;1H. The van der Waals surface area contributed by atoms with Gasteiger partial charge in [-0.05, 0) is 6.92 Å². The summed E-state index contributed by atoms with van der Waals surface area (Å²) in [4.78, 5) is 3.95. The number of hydrogen-bond acceptors (Lipinski definition) is 4. The number of imidazole rings is 1. The lowest BCUT2D eigenvalue weighted by Gasteiger charge is -2.25. The third-order valence-electron chi connectivity index (χ3n) is 2.65. The van der Waals surface area contributed by atoms with E-state index in [9.17, 15) is 8.42 Å². The Morgan fingerprint density at radius 1 is 1.41 bits per heavy atom. The van der Waals surface area contributed by atoms with Crippen molar-refractivity contribution >= 4 is 22.4 Å². The largest absolute Gasteiger partial charge is 0.336 e. The van der Waals surface area contributed by atoms with Gasteiger partial charge in [0.25, 0.3) is 10.0 Å². The van der Waals surface area contributed by atoms with Crippen LogP contribution in [0.15, 0.2) is 17.6 Å². The molecule has 2 rings (SSSR count). The maximum atomic E-state index is 12.1. The van der Waals surface area contributed by atoms with Crippen LogP contribution in [0.2, 0.25) is 0 Å². The van der Waals surface area contributed by atoms with E-state index in [4.69, 9.17) is 0 Å². The molecule has 0 saturated carbocycles. The van der Waals surface area contributed by atoms with E-state index in [1.165, 1.54) is 4.31 Å². The van der Waals surface area contributed by atoms with Crippen LogP contribution < -0.4 is 5.32 Å². The molecule has 0 unspecified atom stereocenters. The van der Waals surface area contributed by atoms with Crippen molar-refractivity contribution in [2.75, 3.05) is 26.2 Å². The summed E-state index contributed by atoms with van der Waals surface area (Å²) >= 11 is 0. The van der Waals surface area contributed by atoms with Crippen LogP contribution in [0, 0.1) is 0 Å². The molecule has 98 valence electrons. The maximum absolute atomic E-state index is 12.1. The van der Waals surface area contributed by atoms with Crippen LogP contribution in [-0.2, 0) is 16.6 Å². The molecule has 6 nitrogen and oxygen atoms in total. The molecular formula is C9H17ClN4O2S. The lowest BCUT2D eigenvalue weighted by molar-refractivity contribution is 0.359. The number of nitrogens with zero attached hydrogens (tertiary/aromatic N) is 3. The molecule has 0 radical (unpaired) electrons. The first-order valence-electron chi connectivity index (χ1n) is 5.37. The van der Waals surface area contributed by atoms with Crippen molar-refractivity contribution in [2.24, 2.45) is 0 Å². The van der Waals surface area contributed by atoms with Gasteiger partial charge in [0.15, 0.2) is 5.03 Å². The zero-order valence-corrected chi connectivity index (χ0v) is 11.3. The first-order chi connectivity index (χ1) is 7.64. The van der Waals surface area contributed by atoms with Gasteiger partial charge in [-0.2, -0.15) is 4.31 Å². The fourth-order valence-corrected chi connectivity index (χ4v) is 3.04. The molecule has 0 aromatic carbocycles. The highest BCUT2D eigenvalue weighted by Crippen LogP contribution is 2.13. The smallest absolute Gasteiger partial charge is 0.262 e. The molecule has 1 fully saturated rings. The molecule has 0 spiro atoms. The average molecular weight is 281 g/mol. The van der Waals surface area contributed by atoms with Crippen molar-refractivity contribution < 1.29 is 8.42 Å².